The first-order valence-electron chi connectivity index (χ1n) is 4.71. The highest BCUT2D eigenvalue weighted by atomic mass is 32.2. The zero-order chi connectivity index (χ0) is 12.4. The molecule has 0 amide bonds. The highest BCUT2D eigenvalue weighted by Gasteiger charge is 2.15. The van der Waals surface area contributed by atoms with Gasteiger partial charge in [0, 0.05) is 6.07 Å². The van der Waals surface area contributed by atoms with Crippen molar-refractivity contribution in [1.29, 1.82) is 0 Å². The number of aliphatic carboxylic acids is 1. The fourth-order valence-electron chi connectivity index (χ4n) is 1.03. The van der Waals surface area contributed by atoms with Gasteiger partial charge in [0.2, 0.25) is 0 Å². The van der Waals surface area contributed by atoms with Gasteiger partial charge in [0.15, 0.2) is 5.69 Å². The number of thioether (sulfide) groups is 1. The van der Waals surface area contributed by atoms with Gasteiger partial charge in [0.1, 0.15) is 5.76 Å². The van der Waals surface area contributed by atoms with E-state index in [0.717, 1.165) is 11.8 Å². The molecule has 8 heteroatoms. The Bertz CT molecular complexity index is 536. The minimum absolute atomic E-state index is 0.150. The maximum Gasteiger partial charge on any atom is 0.277 e. The van der Waals surface area contributed by atoms with Crippen LogP contribution in [0.2, 0.25) is 0 Å². The van der Waals surface area contributed by atoms with Crippen LogP contribution in [0, 0.1) is 6.92 Å². The van der Waals surface area contributed by atoms with Crippen LogP contribution in [0.15, 0.2) is 20.2 Å². The van der Waals surface area contributed by atoms with Crippen molar-refractivity contribution in [3.8, 4) is 11.6 Å². The van der Waals surface area contributed by atoms with E-state index in [1.807, 2.05) is 0 Å². The third-order valence-corrected chi connectivity index (χ3v) is 2.78. The van der Waals surface area contributed by atoms with E-state index in [1.54, 1.807) is 13.0 Å². The van der Waals surface area contributed by atoms with Crippen LogP contribution in [0.1, 0.15) is 12.7 Å². The monoisotopic (exact) mass is 254 g/mol. The Balaban J connectivity index is 2.13. The molecule has 2 rings (SSSR count). The standard InChI is InChI=1S/C9H9N3O4S/c1-4-3-6(12-16-4)7-10-11-9(15-7)17-5(2)8(13)14/h3,5H,1-2H3,(H,13,14)/p-1/t5-/m1/s1. The molecule has 0 radical (unpaired) electrons. The first-order chi connectivity index (χ1) is 8.06. The highest BCUT2D eigenvalue weighted by Crippen LogP contribution is 2.25. The van der Waals surface area contributed by atoms with Crippen molar-refractivity contribution in [3.05, 3.63) is 11.8 Å². The fourth-order valence-corrected chi connectivity index (χ4v) is 1.64. The molecule has 0 N–H and O–H groups in total. The van der Waals surface area contributed by atoms with Crippen molar-refractivity contribution >= 4 is 17.7 Å². The van der Waals surface area contributed by atoms with Crippen LogP contribution in [0.3, 0.4) is 0 Å². The minimum Gasteiger partial charge on any atom is -0.549 e. The Morgan fingerprint density at radius 2 is 2.29 bits per heavy atom. The van der Waals surface area contributed by atoms with Gasteiger partial charge in [-0.3, -0.25) is 0 Å². The van der Waals surface area contributed by atoms with Gasteiger partial charge in [-0.25, -0.2) is 0 Å². The van der Waals surface area contributed by atoms with Crippen molar-refractivity contribution in [2.24, 2.45) is 0 Å². The van der Waals surface area contributed by atoms with Crippen LogP contribution in [0.25, 0.3) is 11.6 Å². The fraction of sp³-hybridized carbons (Fsp3) is 0.333. The molecule has 2 aromatic heterocycles. The van der Waals surface area contributed by atoms with E-state index in [4.69, 9.17) is 8.94 Å². The van der Waals surface area contributed by atoms with Crippen LogP contribution < -0.4 is 5.11 Å². The molecule has 90 valence electrons. The van der Waals surface area contributed by atoms with E-state index in [2.05, 4.69) is 15.4 Å². The van der Waals surface area contributed by atoms with E-state index in [0.29, 0.717) is 11.5 Å². The molecule has 0 aliphatic carbocycles. The lowest BCUT2D eigenvalue weighted by molar-refractivity contribution is -0.304. The van der Waals surface area contributed by atoms with Gasteiger partial charge in [-0.15, -0.1) is 10.2 Å². The van der Waals surface area contributed by atoms with Crippen molar-refractivity contribution < 1.29 is 18.8 Å². The summed E-state index contributed by atoms with van der Waals surface area (Å²) < 4.78 is 10.1. The summed E-state index contributed by atoms with van der Waals surface area (Å²) in [7, 11) is 0. The Morgan fingerprint density at radius 1 is 1.53 bits per heavy atom. The third kappa shape index (κ3) is 2.64. The molecule has 2 heterocycles. The highest BCUT2D eigenvalue weighted by molar-refractivity contribution is 8.00. The number of aryl methyl sites for hydroxylation is 1. The summed E-state index contributed by atoms with van der Waals surface area (Å²) in [5.41, 5.74) is 0.419. The predicted octanol–water partition coefficient (Wildman–Crippen LogP) is 0.264. The molecule has 0 aliphatic heterocycles. The number of rotatable bonds is 4. The molecule has 1 atom stereocenters. The Morgan fingerprint density at radius 3 is 2.88 bits per heavy atom. The predicted molar refractivity (Wildman–Crippen MR) is 54.9 cm³/mol. The lowest BCUT2D eigenvalue weighted by Gasteiger charge is -2.07. The van der Waals surface area contributed by atoms with Gasteiger partial charge in [0.05, 0.1) is 11.2 Å². The molecule has 0 spiro atoms. The van der Waals surface area contributed by atoms with Crippen molar-refractivity contribution in [2.75, 3.05) is 0 Å². The van der Waals surface area contributed by atoms with Crippen LogP contribution in [0.4, 0.5) is 0 Å². The largest absolute Gasteiger partial charge is 0.549 e. The first-order valence-corrected chi connectivity index (χ1v) is 5.59. The zero-order valence-electron chi connectivity index (χ0n) is 9.04. The average Bonchev–Trinajstić information content (AvgIpc) is 2.86. The summed E-state index contributed by atoms with van der Waals surface area (Å²) in [6, 6.07) is 1.64. The van der Waals surface area contributed by atoms with Crippen molar-refractivity contribution in [3.63, 3.8) is 0 Å². The number of carboxylic acids is 1. The molecule has 0 saturated heterocycles. The maximum atomic E-state index is 10.5. The number of nitrogens with zero attached hydrogens (tertiary/aromatic N) is 3. The minimum atomic E-state index is -1.19. The normalized spacial score (nSPS) is 12.6. The molecular formula is C9H8N3O4S-. The van der Waals surface area contributed by atoms with E-state index in [1.165, 1.54) is 6.92 Å². The number of hydrogen-bond donors (Lipinski definition) is 0. The average molecular weight is 254 g/mol. The topological polar surface area (TPSA) is 105 Å². The molecule has 0 saturated carbocycles. The molecule has 17 heavy (non-hydrogen) atoms. The summed E-state index contributed by atoms with van der Waals surface area (Å²) in [5.74, 6) is -0.377. The molecule has 0 unspecified atom stereocenters. The first kappa shape index (κ1) is 11.6. The van der Waals surface area contributed by atoms with Gasteiger partial charge >= 0.3 is 0 Å². The van der Waals surface area contributed by atoms with Gasteiger partial charge in [-0.05, 0) is 13.8 Å². The molecule has 0 aliphatic rings. The van der Waals surface area contributed by atoms with Crippen LogP contribution in [0.5, 0.6) is 0 Å². The summed E-state index contributed by atoms with van der Waals surface area (Å²) in [4.78, 5) is 10.5. The van der Waals surface area contributed by atoms with E-state index in [-0.39, 0.29) is 11.1 Å². The molecular weight excluding hydrogens is 246 g/mol. The van der Waals surface area contributed by atoms with Gasteiger partial charge in [-0.2, -0.15) is 0 Å². The Labute approximate surface area is 100 Å². The smallest absolute Gasteiger partial charge is 0.277 e. The van der Waals surface area contributed by atoms with Crippen molar-refractivity contribution in [2.45, 2.75) is 24.3 Å². The second-order valence-corrected chi connectivity index (χ2v) is 4.57. The SMILES string of the molecule is Cc1cc(-c2nnc(S[C@H](C)C(=O)[O-])o2)no1. The number of aromatic nitrogens is 3. The van der Waals surface area contributed by atoms with Gasteiger partial charge in [0.25, 0.3) is 11.1 Å². The molecule has 2 aromatic rings. The van der Waals surface area contributed by atoms with Gasteiger partial charge in [-0.1, -0.05) is 16.9 Å². The van der Waals surface area contributed by atoms with Crippen molar-refractivity contribution in [1.82, 2.24) is 15.4 Å². The van der Waals surface area contributed by atoms with E-state index in [9.17, 15) is 9.90 Å². The Kier molecular flexibility index (Phi) is 3.14. The summed E-state index contributed by atoms with van der Waals surface area (Å²) >= 11 is 0.913. The molecule has 0 bridgehead atoms. The number of carbonyl (C=O) groups excluding carboxylic acids is 1. The quantitative estimate of drug-likeness (QED) is 0.715. The summed E-state index contributed by atoms with van der Waals surface area (Å²) in [6.45, 7) is 3.21. The molecule has 0 fully saturated rings. The zero-order valence-corrected chi connectivity index (χ0v) is 9.85. The lowest BCUT2D eigenvalue weighted by atomic mass is 10.4. The lowest BCUT2D eigenvalue weighted by Crippen LogP contribution is -2.31. The number of hydrogen-bond acceptors (Lipinski definition) is 8. The molecule has 7 nitrogen and oxygen atoms in total. The third-order valence-electron chi connectivity index (χ3n) is 1.86. The van der Waals surface area contributed by atoms with Crippen LogP contribution in [-0.2, 0) is 4.79 Å². The number of carboxylic acid groups (broad SMARTS) is 1. The van der Waals surface area contributed by atoms with Crippen LogP contribution in [-0.4, -0.2) is 26.6 Å². The van der Waals surface area contributed by atoms with Gasteiger partial charge < -0.3 is 18.8 Å². The van der Waals surface area contributed by atoms with E-state index < -0.39 is 11.2 Å². The maximum absolute atomic E-state index is 10.5. The second kappa shape index (κ2) is 4.58. The number of carbonyl (C=O) groups is 1. The summed E-state index contributed by atoms with van der Waals surface area (Å²) in [6.07, 6.45) is 0. The molecule has 0 aromatic carbocycles. The van der Waals surface area contributed by atoms with E-state index >= 15 is 0 Å². The van der Waals surface area contributed by atoms with Crippen LogP contribution >= 0.6 is 11.8 Å². The second-order valence-electron chi connectivity index (χ2n) is 3.28. The Hall–Kier alpha value is -1.83. The summed E-state index contributed by atoms with van der Waals surface area (Å²) in [5, 5.41) is 21.1.